The molecule has 1 atom stereocenters. The summed E-state index contributed by atoms with van der Waals surface area (Å²) in [6.45, 7) is 6.42. The summed E-state index contributed by atoms with van der Waals surface area (Å²) in [6.07, 6.45) is 2.50. The molecule has 0 saturated heterocycles. The minimum Gasteiger partial charge on any atom is -0.475 e. The van der Waals surface area contributed by atoms with E-state index in [1.165, 1.54) is 0 Å². The Morgan fingerprint density at radius 2 is 2.32 bits per heavy atom. The maximum atomic E-state index is 8.69. The predicted octanol–water partition coefficient (Wildman–Crippen LogP) is 1.48. The van der Waals surface area contributed by atoms with Crippen molar-refractivity contribution in [3.05, 3.63) is 23.9 Å². The van der Waals surface area contributed by atoms with Crippen molar-refractivity contribution in [3.63, 3.8) is 0 Å². The van der Waals surface area contributed by atoms with Gasteiger partial charge in [-0.1, -0.05) is 18.1 Å². The van der Waals surface area contributed by atoms with Crippen molar-refractivity contribution in [2.45, 2.75) is 45.9 Å². The first kappa shape index (κ1) is 15.2. The van der Waals surface area contributed by atoms with Gasteiger partial charge in [-0.05, 0) is 26.3 Å². The van der Waals surface area contributed by atoms with Crippen LogP contribution in [0, 0.1) is 0 Å². The highest BCUT2D eigenvalue weighted by Crippen LogP contribution is 2.15. The Morgan fingerprint density at radius 3 is 2.89 bits per heavy atom. The highest BCUT2D eigenvalue weighted by molar-refractivity contribution is 5.85. The van der Waals surface area contributed by atoms with Crippen molar-refractivity contribution in [1.82, 2.24) is 10.3 Å². The summed E-state index contributed by atoms with van der Waals surface area (Å²) in [4.78, 5) is 4.21. The lowest BCUT2D eigenvalue weighted by atomic mass is 10.2. The van der Waals surface area contributed by atoms with E-state index in [2.05, 4.69) is 15.5 Å². The van der Waals surface area contributed by atoms with E-state index < -0.39 is 0 Å². The van der Waals surface area contributed by atoms with Gasteiger partial charge in [0, 0.05) is 18.3 Å². The third kappa shape index (κ3) is 4.75. The molecule has 4 N–H and O–H groups in total. The molecule has 1 unspecified atom stereocenters. The third-order valence-corrected chi connectivity index (χ3v) is 2.62. The highest BCUT2D eigenvalue weighted by atomic mass is 16.5. The van der Waals surface area contributed by atoms with Gasteiger partial charge in [-0.3, -0.25) is 0 Å². The number of amidine groups is 1. The van der Waals surface area contributed by atoms with E-state index in [9.17, 15) is 0 Å². The van der Waals surface area contributed by atoms with Crippen LogP contribution in [0.2, 0.25) is 0 Å². The minimum atomic E-state index is -0.169. The largest absolute Gasteiger partial charge is 0.475 e. The smallest absolute Gasteiger partial charge is 0.218 e. The summed E-state index contributed by atoms with van der Waals surface area (Å²) in [6, 6.07) is 3.63. The second-order valence-electron chi connectivity index (χ2n) is 4.50. The molecular weight excluding hydrogens is 244 g/mol. The van der Waals surface area contributed by atoms with Crippen molar-refractivity contribution in [3.8, 4) is 5.88 Å². The Balaban J connectivity index is 2.71. The van der Waals surface area contributed by atoms with Crippen LogP contribution in [0.25, 0.3) is 0 Å². The molecule has 0 spiro atoms. The van der Waals surface area contributed by atoms with Crippen LogP contribution in [-0.2, 0) is 6.54 Å². The summed E-state index contributed by atoms with van der Waals surface area (Å²) in [5.74, 6) is 0.789. The van der Waals surface area contributed by atoms with E-state index in [1.807, 2.05) is 32.9 Å². The molecule has 0 radical (unpaired) electrons. The number of pyridine rings is 1. The molecule has 0 aromatic carbocycles. The lowest BCUT2D eigenvalue weighted by molar-refractivity contribution is 0.229. The Morgan fingerprint density at radius 1 is 1.58 bits per heavy atom. The van der Waals surface area contributed by atoms with E-state index in [0.717, 1.165) is 12.0 Å². The van der Waals surface area contributed by atoms with Gasteiger partial charge in [0.05, 0.1) is 12.1 Å². The molecule has 1 aromatic rings. The maximum Gasteiger partial charge on any atom is 0.218 e. The van der Waals surface area contributed by atoms with Crippen molar-refractivity contribution in [2.75, 3.05) is 0 Å². The first-order valence-corrected chi connectivity index (χ1v) is 6.39. The first-order valence-electron chi connectivity index (χ1n) is 6.39. The number of ether oxygens (including phenoxy) is 1. The van der Waals surface area contributed by atoms with Crippen LogP contribution in [-0.4, -0.2) is 28.2 Å². The minimum absolute atomic E-state index is 0.0692. The van der Waals surface area contributed by atoms with Crippen LogP contribution < -0.4 is 15.8 Å². The Labute approximate surface area is 113 Å². The summed E-state index contributed by atoms with van der Waals surface area (Å²) in [7, 11) is 0. The normalized spacial score (nSPS) is 13.6. The van der Waals surface area contributed by atoms with Crippen molar-refractivity contribution in [1.29, 1.82) is 0 Å². The topological polar surface area (TPSA) is 92.8 Å². The second-order valence-corrected chi connectivity index (χ2v) is 4.50. The molecule has 0 aliphatic carbocycles. The lowest BCUT2D eigenvalue weighted by Gasteiger charge is -2.17. The molecule has 0 amide bonds. The van der Waals surface area contributed by atoms with E-state index in [1.54, 1.807) is 6.20 Å². The second kappa shape index (κ2) is 7.58. The molecule has 1 aromatic heterocycles. The standard InChI is InChI=1S/C13H22N4O2/c1-4-11(12(14)17-18)16-8-10-6-5-7-15-13(10)19-9(2)3/h5-7,9,11,16,18H,4,8H2,1-3H3,(H2,14,17). The molecule has 1 rings (SSSR count). The number of hydrogen-bond donors (Lipinski definition) is 3. The Bertz CT molecular complexity index is 421. The van der Waals surface area contributed by atoms with Crippen LogP contribution in [0.1, 0.15) is 32.8 Å². The first-order chi connectivity index (χ1) is 9.08. The van der Waals surface area contributed by atoms with Crippen LogP contribution in [0.4, 0.5) is 0 Å². The number of aromatic nitrogens is 1. The summed E-state index contributed by atoms with van der Waals surface area (Å²) in [5, 5.41) is 14.9. The molecule has 0 fully saturated rings. The van der Waals surface area contributed by atoms with E-state index in [-0.39, 0.29) is 18.0 Å². The summed E-state index contributed by atoms with van der Waals surface area (Å²) >= 11 is 0. The van der Waals surface area contributed by atoms with Crippen LogP contribution in [0.3, 0.4) is 0 Å². The lowest BCUT2D eigenvalue weighted by Crippen LogP contribution is -2.40. The molecule has 0 bridgehead atoms. The van der Waals surface area contributed by atoms with Gasteiger partial charge < -0.3 is 21.0 Å². The van der Waals surface area contributed by atoms with Crippen LogP contribution in [0.15, 0.2) is 23.5 Å². The van der Waals surface area contributed by atoms with Gasteiger partial charge in [0.25, 0.3) is 0 Å². The Kier molecular flexibility index (Phi) is 6.08. The predicted molar refractivity (Wildman–Crippen MR) is 74.3 cm³/mol. The molecule has 0 aliphatic heterocycles. The van der Waals surface area contributed by atoms with Crippen molar-refractivity contribution in [2.24, 2.45) is 10.9 Å². The molecule has 1 heterocycles. The fraction of sp³-hybridized carbons (Fsp3) is 0.538. The molecule has 106 valence electrons. The average molecular weight is 266 g/mol. The van der Waals surface area contributed by atoms with Gasteiger partial charge in [0.2, 0.25) is 5.88 Å². The van der Waals surface area contributed by atoms with E-state index in [4.69, 9.17) is 15.7 Å². The van der Waals surface area contributed by atoms with E-state index in [0.29, 0.717) is 12.4 Å². The van der Waals surface area contributed by atoms with Gasteiger partial charge in [-0.25, -0.2) is 4.98 Å². The van der Waals surface area contributed by atoms with Crippen molar-refractivity contribution < 1.29 is 9.94 Å². The van der Waals surface area contributed by atoms with Crippen LogP contribution in [0.5, 0.6) is 5.88 Å². The van der Waals surface area contributed by atoms with Gasteiger partial charge in [0.1, 0.15) is 0 Å². The molecule has 0 aliphatic rings. The fourth-order valence-electron chi connectivity index (χ4n) is 1.65. The highest BCUT2D eigenvalue weighted by Gasteiger charge is 2.13. The van der Waals surface area contributed by atoms with E-state index >= 15 is 0 Å². The zero-order chi connectivity index (χ0) is 14.3. The zero-order valence-electron chi connectivity index (χ0n) is 11.6. The zero-order valence-corrected chi connectivity index (χ0v) is 11.6. The number of oxime groups is 1. The number of nitrogens with one attached hydrogen (secondary N) is 1. The molecule has 0 saturated carbocycles. The molecule has 6 nitrogen and oxygen atoms in total. The summed E-state index contributed by atoms with van der Waals surface area (Å²) < 4.78 is 5.64. The van der Waals surface area contributed by atoms with Crippen molar-refractivity contribution >= 4 is 5.84 Å². The molecule has 6 heteroatoms. The fourth-order valence-corrected chi connectivity index (χ4v) is 1.65. The monoisotopic (exact) mass is 266 g/mol. The number of nitrogens with zero attached hydrogens (tertiary/aromatic N) is 2. The molecular formula is C13H22N4O2. The van der Waals surface area contributed by atoms with Gasteiger partial charge in [0.15, 0.2) is 5.84 Å². The number of hydrogen-bond acceptors (Lipinski definition) is 5. The molecule has 19 heavy (non-hydrogen) atoms. The third-order valence-electron chi connectivity index (χ3n) is 2.62. The Hall–Kier alpha value is -1.82. The maximum absolute atomic E-state index is 8.69. The number of rotatable bonds is 7. The van der Waals surface area contributed by atoms with Gasteiger partial charge >= 0.3 is 0 Å². The van der Waals surface area contributed by atoms with Gasteiger partial charge in [-0.15, -0.1) is 0 Å². The average Bonchev–Trinajstić information content (AvgIpc) is 2.40. The summed E-state index contributed by atoms with van der Waals surface area (Å²) in [5.41, 5.74) is 6.55. The quantitative estimate of drug-likeness (QED) is 0.301. The van der Waals surface area contributed by atoms with Crippen LogP contribution >= 0.6 is 0 Å². The number of nitrogens with two attached hydrogens (primary N) is 1. The SMILES string of the molecule is CCC(NCc1cccnc1OC(C)C)C(N)=NO. The van der Waals surface area contributed by atoms with Gasteiger partial charge in [-0.2, -0.15) is 0 Å².